The molecule has 4 nitrogen and oxygen atoms in total. The molecule has 15 heavy (non-hydrogen) atoms. The molecule has 4 N–H and O–H groups in total. The van der Waals surface area contributed by atoms with Gasteiger partial charge in [-0.1, -0.05) is 0 Å². The summed E-state index contributed by atoms with van der Waals surface area (Å²) in [5, 5.41) is 9.58. The van der Waals surface area contributed by atoms with E-state index in [-0.39, 0.29) is 12.4 Å². The van der Waals surface area contributed by atoms with E-state index in [1.165, 1.54) is 12.3 Å². The van der Waals surface area contributed by atoms with Crippen molar-refractivity contribution in [2.24, 2.45) is 0 Å². The highest BCUT2D eigenvalue weighted by Crippen LogP contribution is 2.16. The minimum absolute atomic E-state index is 0.284. The summed E-state index contributed by atoms with van der Waals surface area (Å²) in [6.07, 6.45) is 1.17. The third-order valence-electron chi connectivity index (χ3n) is 1.76. The van der Waals surface area contributed by atoms with Crippen molar-refractivity contribution in [1.29, 1.82) is 5.41 Å². The Morgan fingerprint density at radius 2 is 2.33 bits per heavy atom. The van der Waals surface area contributed by atoms with E-state index in [4.69, 9.17) is 15.9 Å². The van der Waals surface area contributed by atoms with Gasteiger partial charge in [-0.15, -0.1) is 0 Å². The van der Waals surface area contributed by atoms with Gasteiger partial charge in [0.15, 0.2) is 0 Å². The van der Waals surface area contributed by atoms with Crippen LogP contribution in [0.25, 0.3) is 0 Å². The maximum Gasteiger partial charge on any atom is 0.148 e. The minimum atomic E-state index is -0.373. The molecule has 0 bridgehead atoms. The second-order valence-electron chi connectivity index (χ2n) is 2.95. The monoisotopic (exact) mass is 211 g/mol. The van der Waals surface area contributed by atoms with Crippen molar-refractivity contribution in [3.63, 3.8) is 0 Å². The van der Waals surface area contributed by atoms with E-state index < -0.39 is 0 Å². The Morgan fingerprint density at radius 1 is 1.53 bits per heavy atom. The maximum atomic E-state index is 13.2. The molecule has 0 heterocycles. The molecule has 1 rings (SSSR count). The Labute approximate surface area is 87.7 Å². The summed E-state index contributed by atoms with van der Waals surface area (Å²) in [4.78, 5) is 0. The average Bonchev–Trinajstić information content (AvgIpc) is 2.20. The second-order valence-corrected chi connectivity index (χ2v) is 2.95. The van der Waals surface area contributed by atoms with Crippen molar-refractivity contribution in [3.05, 3.63) is 24.0 Å². The van der Waals surface area contributed by atoms with Crippen LogP contribution in [0.1, 0.15) is 0 Å². The fourth-order valence-electron chi connectivity index (χ4n) is 1.07. The van der Waals surface area contributed by atoms with E-state index in [2.05, 4.69) is 5.32 Å². The fourth-order valence-corrected chi connectivity index (χ4v) is 1.07. The van der Waals surface area contributed by atoms with Crippen molar-refractivity contribution in [3.8, 4) is 0 Å². The molecular weight excluding hydrogens is 197 g/mol. The molecular formula is C10H14FN3O. The zero-order chi connectivity index (χ0) is 11.1. The summed E-state index contributed by atoms with van der Waals surface area (Å²) >= 11 is 0. The molecule has 0 amide bonds. The number of hydrogen-bond acceptors (Lipinski definition) is 4. The average molecular weight is 211 g/mol. The smallest absolute Gasteiger partial charge is 0.148 e. The van der Waals surface area contributed by atoms with Gasteiger partial charge in [-0.3, -0.25) is 0 Å². The Balaban J connectivity index is 2.34. The number of nitrogen functional groups attached to an aromatic ring is 1. The first-order valence-corrected chi connectivity index (χ1v) is 4.59. The van der Waals surface area contributed by atoms with Crippen molar-refractivity contribution in [2.45, 2.75) is 0 Å². The van der Waals surface area contributed by atoms with Crippen LogP contribution in [0.15, 0.2) is 18.2 Å². The molecule has 0 spiro atoms. The van der Waals surface area contributed by atoms with Gasteiger partial charge in [0.25, 0.3) is 0 Å². The molecule has 0 unspecified atom stereocenters. The van der Waals surface area contributed by atoms with Crippen LogP contribution >= 0.6 is 0 Å². The number of rotatable bonds is 6. The number of ether oxygens (including phenoxy) is 1. The van der Waals surface area contributed by atoms with Crippen LogP contribution < -0.4 is 11.1 Å². The summed E-state index contributed by atoms with van der Waals surface area (Å²) in [7, 11) is 0. The van der Waals surface area contributed by atoms with Crippen LogP contribution in [0, 0.1) is 11.2 Å². The molecule has 0 radical (unpaired) electrons. The largest absolute Gasteiger partial charge is 0.399 e. The normalized spacial score (nSPS) is 9.93. The molecule has 1 aromatic rings. The standard InChI is InChI=1S/C10H14FN3O/c11-9-7-8(13)1-2-10(9)14-4-6-15-5-3-12/h1-3,7,12,14H,4-6,13H2. The van der Waals surface area contributed by atoms with Crippen molar-refractivity contribution >= 4 is 17.6 Å². The van der Waals surface area contributed by atoms with E-state index in [0.717, 1.165) is 0 Å². The van der Waals surface area contributed by atoms with E-state index >= 15 is 0 Å². The van der Waals surface area contributed by atoms with Gasteiger partial charge in [-0.25, -0.2) is 4.39 Å². The lowest BCUT2D eigenvalue weighted by Crippen LogP contribution is -2.11. The van der Waals surface area contributed by atoms with Gasteiger partial charge >= 0.3 is 0 Å². The first-order chi connectivity index (χ1) is 7.24. The highest BCUT2D eigenvalue weighted by molar-refractivity contribution is 5.54. The highest BCUT2D eigenvalue weighted by atomic mass is 19.1. The molecule has 82 valence electrons. The number of halogens is 1. The fraction of sp³-hybridized carbons (Fsp3) is 0.300. The lowest BCUT2D eigenvalue weighted by molar-refractivity contribution is 0.185. The predicted octanol–water partition coefficient (Wildman–Crippen LogP) is 1.49. The molecule has 0 fully saturated rings. The van der Waals surface area contributed by atoms with Crippen LogP contribution in [-0.4, -0.2) is 26.0 Å². The summed E-state index contributed by atoms with van der Waals surface area (Å²) < 4.78 is 18.2. The molecule has 0 aromatic heterocycles. The quantitative estimate of drug-likeness (QED) is 0.379. The van der Waals surface area contributed by atoms with Crippen LogP contribution in [0.4, 0.5) is 15.8 Å². The summed E-state index contributed by atoms with van der Waals surface area (Å²) in [6, 6.07) is 4.48. The Morgan fingerprint density at radius 3 is 3.00 bits per heavy atom. The molecule has 0 aliphatic rings. The zero-order valence-electron chi connectivity index (χ0n) is 8.29. The van der Waals surface area contributed by atoms with Gasteiger partial charge in [-0.2, -0.15) is 0 Å². The number of hydrogen-bond donors (Lipinski definition) is 3. The van der Waals surface area contributed by atoms with Crippen molar-refractivity contribution in [2.75, 3.05) is 30.8 Å². The number of nitrogens with two attached hydrogens (primary N) is 1. The van der Waals surface area contributed by atoms with E-state index in [1.807, 2.05) is 0 Å². The zero-order valence-corrected chi connectivity index (χ0v) is 8.29. The molecule has 0 atom stereocenters. The van der Waals surface area contributed by atoms with Gasteiger partial charge in [0, 0.05) is 18.4 Å². The SMILES string of the molecule is N=CCOCCNc1ccc(N)cc1F. The van der Waals surface area contributed by atoms with Gasteiger partial charge in [0.1, 0.15) is 5.82 Å². The number of nitrogens with one attached hydrogen (secondary N) is 2. The van der Waals surface area contributed by atoms with E-state index in [0.29, 0.717) is 24.5 Å². The third kappa shape index (κ3) is 3.95. The maximum absolute atomic E-state index is 13.2. The van der Waals surface area contributed by atoms with E-state index in [1.54, 1.807) is 12.1 Å². The van der Waals surface area contributed by atoms with Crippen molar-refractivity contribution in [1.82, 2.24) is 0 Å². The van der Waals surface area contributed by atoms with Crippen LogP contribution in [0.2, 0.25) is 0 Å². The molecule has 1 aromatic carbocycles. The summed E-state index contributed by atoms with van der Waals surface area (Å²) in [5.74, 6) is -0.373. The first-order valence-electron chi connectivity index (χ1n) is 4.59. The molecule has 0 aliphatic heterocycles. The number of anilines is 2. The minimum Gasteiger partial charge on any atom is -0.399 e. The van der Waals surface area contributed by atoms with Gasteiger partial charge in [0.05, 0.1) is 18.9 Å². The Hall–Kier alpha value is -1.62. The third-order valence-corrected chi connectivity index (χ3v) is 1.76. The van der Waals surface area contributed by atoms with Gasteiger partial charge in [-0.05, 0) is 18.2 Å². The Kier molecular flexibility index (Phi) is 4.56. The van der Waals surface area contributed by atoms with Gasteiger partial charge < -0.3 is 21.2 Å². The van der Waals surface area contributed by atoms with Crippen LogP contribution in [0.3, 0.4) is 0 Å². The first kappa shape index (κ1) is 11.5. The van der Waals surface area contributed by atoms with Crippen molar-refractivity contribution < 1.29 is 9.13 Å². The predicted molar refractivity (Wildman–Crippen MR) is 58.9 cm³/mol. The Bertz CT molecular complexity index is 330. The molecule has 0 aliphatic carbocycles. The van der Waals surface area contributed by atoms with Crippen LogP contribution in [-0.2, 0) is 4.74 Å². The van der Waals surface area contributed by atoms with Gasteiger partial charge in [0.2, 0.25) is 0 Å². The second kappa shape index (κ2) is 5.98. The lowest BCUT2D eigenvalue weighted by atomic mass is 10.2. The lowest BCUT2D eigenvalue weighted by Gasteiger charge is -2.07. The molecule has 0 saturated carbocycles. The molecule has 5 heteroatoms. The summed E-state index contributed by atoms with van der Waals surface area (Å²) in [5.41, 5.74) is 6.21. The highest BCUT2D eigenvalue weighted by Gasteiger charge is 2.00. The number of benzene rings is 1. The molecule has 0 saturated heterocycles. The topological polar surface area (TPSA) is 71.1 Å². The van der Waals surface area contributed by atoms with Crippen LogP contribution in [0.5, 0.6) is 0 Å². The summed E-state index contributed by atoms with van der Waals surface area (Å²) in [6.45, 7) is 1.21. The van der Waals surface area contributed by atoms with E-state index in [9.17, 15) is 4.39 Å².